The van der Waals surface area contributed by atoms with Crippen molar-refractivity contribution in [1.82, 2.24) is 20.1 Å². The van der Waals surface area contributed by atoms with Crippen molar-refractivity contribution in [2.45, 2.75) is 39.7 Å². The standard InChI is InChI=1S/C16H24N4/c1-5-18-15(10-14-6-8-17-9-7-14)11-16-12(2)19-20(4)13(16)3/h6-9,15,18H,5,10-11H2,1-4H3. The van der Waals surface area contributed by atoms with Crippen molar-refractivity contribution in [3.63, 3.8) is 0 Å². The van der Waals surface area contributed by atoms with Gasteiger partial charge in [0.1, 0.15) is 0 Å². The van der Waals surface area contributed by atoms with Crippen molar-refractivity contribution >= 4 is 0 Å². The predicted octanol–water partition coefficient (Wildman–Crippen LogP) is 2.20. The summed E-state index contributed by atoms with van der Waals surface area (Å²) in [6.45, 7) is 7.37. The number of aromatic nitrogens is 3. The molecule has 0 amide bonds. The fourth-order valence-corrected chi connectivity index (χ4v) is 2.67. The van der Waals surface area contributed by atoms with Crippen LogP contribution in [0.15, 0.2) is 24.5 Å². The molecule has 2 heterocycles. The van der Waals surface area contributed by atoms with Gasteiger partial charge < -0.3 is 5.32 Å². The maximum atomic E-state index is 4.51. The number of hydrogen-bond acceptors (Lipinski definition) is 3. The van der Waals surface area contributed by atoms with Gasteiger partial charge in [-0.25, -0.2) is 0 Å². The molecule has 0 aliphatic rings. The lowest BCUT2D eigenvalue weighted by Gasteiger charge is -2.18. The zero-order chi connectivity index (χ0) is 14.5. The Balaban J connectivity index is 2.13. The topological polar surface area (TPSA) is 42.7 Å². The van der Waals surface area contributed by atoms with E-state index in [9.17, 15) is 0 Å². The number of rotatable bonds is 6. The Hall–Kier alpha value is -1.68. The first kappa shape index (κ1) is 14.7. The SMILES string of the molecule is CCNC(Cc1ccncc1)Cc1c(C)nn(C)c1C. The van der Waals surface area contributed by atoms with Crippen molar-refractivity contribution in [3.8, 4) is 0 Å². The van der Waals surface area contributed by atoms with Gasteiger partial charge in [0.2, 0.25) is 0 Å². The fraction of sp³-hybridized carbons (Fsp3) is 0.500. The molecular formula is C16H24N4. The second-order valence-corrected chi connectivity index (χ2v) is 5.29. The van der Waals surface area contributed by atoms with Gasteiger partial charge in [-0.2, -0.15) is 5.10 Å². The molecule has 20 heavy (non-hydrogen) atoms. The van der Waals surface area contributed by atoms with Gasteiger partial charge in [-0.3, -0.25) is 9.67 Å². The summed E-state index contributed by atoms with van der Waals surface area (Å²) >= 11 is 0. The van der Waals surface area contributed by atoms with E-state index in [1.807, 2.05) is 24.1 Å². The molecule has 4 heteroatoms. The number of nitrogens with one attached hydrogen (secondary N) is 1. The van der Waals surface area contributed by atoms with Crippen molar-refractivity contribution in [3.05, 3.63) is 47.0 Å². The highest BCUT2D eigenvalue weighted by atomic mass is 15.3. The van der Waals surface area contributed by atoms with Gasteiger partial charge >= 0.3 is 0 Å². The van der Waals surface area contributed by atoms with Gasteiger partial charge in [0.05, 0.1) is 5.69 Å². The molecule has 0 saturated heterocycles. The number of likely N-dealkylation sites (N-methyl/N-ethyl adjacent to an activating group) is 1. The Bertz CT molecular complexity index is 545. The summed E-state index contributed by atoms with van der Waals surface area (Å²) in [5.41, 5.74) is 5.10. The molecule has 1 unspecified atom stereocenters. The van der Waals surface area contributed by atoms with E-state index < -0.39 is 0 Å². The molecule has 0 radical (unpaired) electrons. The molecule has 108 valence electrons. The van der Waals surface area contributed by atoms with Crippen LogP contribution in [-0.2, 0) is 19.9 Å². The van der Waals surface area contributed by atoms with Crippen LogP contribution in [0.1, 0.15) is 29.4 Å². The highest BCUT2D eigenvalue weighted by Crippen LogP contribution is 2.16. The summed E-state index contributed by atoms with van der Waals surface area (Å²) < 4.78 is 1.97. The van der Waals surface area contributed by atoms with Crippen molar-refractivity contribution in [1.29, 1.82) is 0 Å². The smallest absolute Gasteiger partial charge is 0.0628 e. The molecule has 0 spiro atoms. The fourth-order valence-electron chi connectivity index (χ4n) is 2.67. The lowest BCUT2D eigenvalue weighted by Crippen LogP contribution is -2.33. The molecule has 0 bridgehead atoms. The van der Waals surface area contributed by atoms with Gasteiger partial charge in [0.15, 0.2) is 0 Å². The van der Waals surface area contributed by atoms with E-state index in [-0.39, 0.29) is 0 Å². The minimum absolute atomic E-state index is 0.434. The van der Waals surface area contributed by atoms with E-state index in [2.05, 4.69) is 48.3 Å². The van der Waals surface area contributed by atoms with Gasteiger partial charge in [0, 0.05) is 31.2 Å². The Kier molecular flexibility index (Phi) is 4.90. The van der Waals surface area contributed by atoms with E-state index in [4.69, 9.17) is 0 Å². The monoisotopic (exact) mass is 272 g/mol. The highest BCUT2D eigenvalue weighted by Gasteiger charge is 2.15. The summed E-state index contributed by atoms with van der Waals surface area (Å²) in [5.74, 6) is 0. The van der Waals surface area contributed by atoms with Crippen molar-refractivity contribution in [2.75, 3.05) is 6.54 Å². The summed E-state index contributed by atoms with van der Waals surface area (Å²) in [6, 6.07) is 4.62. The van der Waals surface area contributed by atoms with Crippen LogP contribution in [0.3, 0.4) is 0 Å². The lowest BCUT2D eigenvalue weighted by molar-refractivity contribution is 0.519. The maximum absolute atomic E-state index is 4.51. The molecule has 2 aromatic rings. The molecule has 0 aromatic carbocycles. The zero-order valence-corrected chi connectivity index (χ0v) is 12.8. The molecule has 0 aliphatic carbocycles. The van der Waals surface area contributed by atoms with Crippen LogP contribution >= 0.6 is 0 Å². The van der Waals surface area contributed by atoms with Crippen LogP contribution in [0.5, 0.6) is 0 Å². The van der Waals surface area contributed by atoms with Crippen LogP contribution in [0.2, 0.25) is 0 Å². The number of hydrogen-bond donors (Lipinski definition) is 1. The summed E-state index contributed by atoms with van der Waals surface area (Å²) in [4.78, 5) is 4.08. The molecule has 0 fully saturated rings. The molecule has 1 N–H and O–H groups in total. The number of nitrogens with zero attached hydrogens (tertiary/aromatic N) is 3. The van der Waals surface area contributed by atoms with Crippen LogP contribution < -0.4 is 5.32 Å². The third-order valence-corrected chi connectivity index (χ3v) is 3.83. The third-order valence-electron chi connectivity index (χ3n) is 3.83. The average Bonchev–Trinajstić information content (AvgIpc) is 2.67. The lowest BCUT2D eigenvalue weighted by atomic mass is 9.98. The summed E-state index contributed by atoms with van der Waals surface area (Å²) in [7, 11) is 2.01. The molecule has 2 rings (SSSR count). The molecule has 2 aromatic heterocycles. The van der Waals surface area contributed by atoms with Crippen LogP contribution in [0.25, 0.3) is 0 Å². The number of aryl methyl sites for hydroxylation is 2. The van der Waals surface area contributed by atoms with Crippen molar-refractivity contribution in [2.24, 2.45) is 7.05 Å². The molecule has 1 atom stereocenters. The second kappa shape index (κ2) is 6.66. The highest BCUT2D eigenvalue weighted by molar-refractivity contribution is 5.26. The summed E-state index contributed by atoms with van der Waals surface area (Å²) in [6.07, 6.45) is 5.75. The first-order chi connectivity index (χ1) is 9.61. The van der Waals surface area contributed by atoms with E-state index in [1.165, 1.54) is 16.8 Å². The van der Waals surface area contributed by atoms with Gasteiger partial charge in [0.25, 0.3) is 0 Å². The Labute approximate surface area is 121 Å². The quantitative estimate of drug-likeness (QED) is 0.876. The minimum Gasteiger partial charge on any atom is -0.314 e. The first-order valence-corrected chi connectivity index (χ1v) is 7.23. The minimum atomic E-state index is 0.434. The molecule has 0 aliphatic heterocycles. The Morgan fingerprint density at radius 2 is 1.90 bits per heavy atom. The summed E-state index contributed by atoms with van der Waals surface area (Å²) in [5, 5.41) is 8.10. The van der Waals surface area contributed by atoms with Crippen molar-refractivity contribution < 1.29 is 0 Å². The van der Waals surface area contributed by atoms with E-state index in [1.54, 1.807) is 0 Å². The third kappa shape index (κ3) is 3.45. The van der Waals surface area contributed by atoms with E-state index in [0.29, 0.717) is 6.04 Å². The number of pyridine rings is 1. The van der Waals surface area contributed by atoms with Gasteiger partial charge in [-0.05, 0) is 56.5 Å². The Morgan fingerprint density at radius 3 is 2.45 bits per heavy atom. The average molecular weight is 272 g/mol. The van der Waals surface area contributed by atoms with Crippen LogP contribution in [0, 0.1) is 13.8 Å². The second-order valence-electron chi connectivity index (χ2n) is 5.29. The molecule has 4 nitrogen and oxygen atoms in total. The van der Waals surface area contributed by atoms with Crippen LogP contribution in [0.4, 0.5) is 0 Å². The predicted molar refractivity (Wildman–Crippen MR) is 81.8 cm³/mol. The first-order valence-electron chi connectivity index (χ1n) is 7.23. The van der Waals surface area contributed by atoms with E-state index in [0.717, 1.165) is 25.1 Å². The zero-order valence-electron chi connectivity index (χ0n) is 12.8. The van der Waals surface area contributed by atoms with Crippen LogP contribution in [-0.4, -0.2) is 27.4 Å². The molecular weight excluding hydrogens is 248 g/mol. The largest absolute Gasteiger partial charge is 0.314 e. The van der Waals surface area contributed by atoms with Gasteiger partial charge in [-0.15, -0.1) is 0 Å². The van der Waals surface area contributed by atoms with E-state index >= 15 is 0 Å². The Morgan fingerprint density at radius 1 is 1.20 bits per heavy atom. The maximum Gasteiger partial charge on any atom is 0.0628 e. The normalized spacial score (nSPS) is 12.6. The van der Waals surface area contributed by atoms with Gasteiger partial charge in [-0.1, -0.05) is 6.92 Å². The molecule has 0 saturated carbocycles.